The zero-order valence-corrected chi connectivity index (χ0v) is 12.5. The monoisotopic (exact) mass is 281 g/mol. The summed E-state index contributed by atoms with van der Waals surface area (Å²) in [5.74, 6) is -0.634. The highest BCUT2D eigenvalue weighted by Crippen LogP contribution is 2.18. The van der Waals surface area contributed by atoms with Gasteiger partial charge in [0.1, 0.15) is 12.2 Å². The van der Waals surface area contributed by atoms with Crippen LogP contribution < -0.4 is 5.73 Å². The molecular formula is C14H23N3O3. The molecule has 0 saturated carbocycles. The lowest BCUT2D eigenvalue weighted by molar-refractivity contribution is -0.141. The van der Waals surface area contributed by atoms with Crippen LogP contribution in [-0.2, 0) is 9.53 Å². The topological polar surface area (TPSA) is 77.6 Å². The van der Waals surface area contributed by atoms with Gasteiger partial charge in [-0.15, -0.1) is 0 Å². The normalized spacial score (nSPS) is 10.7. The molecule has 2 N–H and O–H groups in total. The fraction of sp³-hybridized carbons (Fsp3) is 0.571. The highest BCUT2D eigenvalue weighted by atomic mass is 16.5. The van der Waals surface area contributed by atoms with Crippen LogP contribution in [0.15, 0.2) is 12.3 Å². The van der Waals surface area contributed by atoms with Gasteiger partial charge in [-0.25, -0.2) is 0 Å². The van der Waals surface area contributed by atoms with E-state index in [1.54, 1.807) is 12.3 Å². The third-order valence-electron chi connectivity index (χ3n) is 2.97. The first-order valence-electron chi connectivity index (χ1n) is 6.74. The number of carbonyl (C=O) groups is 2. The van der Waals surface area contributed by atoms with Crippen molar-refractivity contribution >= 4 is 17.6 Å². The minimum atomic E-state index is -0.428. The van der Waals surface area contributed by atoms with Crippen molar-refractivity contribution in [2.24, 2.45) is 0 Å². The van der Waals surface area contributed by atoms with Crippen molar-refractivity contribution in [3.8, 4) is 0 Å². The molecule has 0 saturated heterocycles. The van der Waals surface area contributed by atoms with Gasteiger partial charge in [0, 0.05) is 18.8 Å². The smallest absolute Gasteiger partial charge is 0.325 e. The number of carbonyl (C=O) groups excluding carboxylic acids is 2. The number of hydrogen-bond acceptors (Lipinski definition) is 4. The molecule has 0 fully saturated rings. The average molecular weight is 281 g/mol. The molecule has 1 heterocycles. The summed E-state index contributed by atoms with van der Waals surface area (Å²) in [7, 11) is 1.31. The summed E-state index contributed by atoms with van der Waals surface area (Å²) in [5, 5.41) is 0. The van der Waals surface area contributed by atoms with E-state index in [9.17, 15) is 9.59 Å². The van der Waals surface area contributed by atoms with E-state index < -0.39 is 5.97 Å². The van der Waals surface area contributed by atoms with E-state index in [2.05, 4.69) is 4.74 Å². The maximum atomic E-state index is 12.6. The van der Waals surface area contributed by atoms with Gasteiger partial charge in [0.25, 0.3) is 5.91 Å². The number of hydrogen-bond donors (Lipinski definition) is 1. The van der Waals surface area contributed by atoms with Crippen LogP contribution in [0.2, 0.25) is 0 Å². The number of rotatable bonds is 6. The van der Waals surface area contributed by atoms with Crippen molar-refractivity contribution in [3.05, 3.63) is 18.0 Å². The first kappa shape index (κ1) is 16.1. The van der Waals surface area contributed by atoms with E-state index in [0.29, 0.717) is 17.9 Å². The van der Waals surface area contributed by atoms with Crippen molar-refractivity contribution in [1.29, 1.82) is 0 Å². The number of amides is 1. The number of nitrogens with zero attached hydrogens (tertiary/aromatic N) is 2. The molecule has 1 aromatic rings. The molecule has 1 rings (SSSR count). The molecule has 0 aromatic carbocycles. The lowest BCUT2D eigenvalue weighted by atomic mass is 10.3. The molecule has 0 spiro atoms. The van der Waals surface area contributed by atoms with Gasteiger partial charge in [0.2, 0.25) is 0 Å². The van der Waals surface area contributed by atoms with Crippen LogP contribution in [0.25, 0.3) is 0 Å². The average Bonchev–Trinajstić information content (AvgIpc) is 2.79. The van der Waals surface area contributed by atoms with Crippen LogP contribution in [0.5, 0.6) is 0 Å². The van der Waals surface area contributed by atoms with Crippen molar-refractivity contribution in [2.75, 3.05) is 25.9 Å². The van der Waals surface area contributed by atoms with Crippen molar-refractivity contribution in [2.45, 2.75) is 33.2 Å². The Labute approximate surface area is 119 Å². The Hall–Kier alpha value is -1.98. The Morgan fingerprint density at radius 2 is 2.10 bits per heavy atom. The predicted octanol–water partition coefficient (Wildman–Crippen LogP) is 1.68. The van der Waals surface area contributed by atoms with E-state index in [-0.39, 0.29) is 18.5 Å². The second-order valence-corrected chi connectivity index (χ2v) is 4.96. The number of aromatic nitrogens is 1. The lowest BCUT2D eigenvalue weighted by Crippen LogP contribution is -2.37. The third kappa shape index (κ3) is 3.76. The largest absolute Gasteiger partial charge is 0.468 e. The molecule has 1 aromatic heterocycles. The highest BCUT2D eigenvalue weighted by Gasteiger charge is 2.22. The molecule has 0 atom stereocenters. The standard InChI is InChI=1S/C14H23N3O3/c1-5-6-16(9-13(18)20-4)14(19)12-7-11(15)8-17(12)10(2)3/h7-8,10H,5-6,9,15H2,1-4H3. The Bertz CT molecular complexity index is 480. The van der Waals surface area contributed by atoms with E-state index in [0.717, 1.165) is 6.42 Å². The van der Waals surface area contributed by atoms with Crippen molar-refractivity contribution in [3.63, 3.8) is 0 Å². The second kappa shape index (κ2) is 6.98. The zero-order chi connectivity index (χ0) is 15.3. The predicted molar refractivity (Wildman–Crippen MR) is 77.4 cm³/mol. The number of ether oxygens (including phenoxy) is 1. The molecule has 1 amide bonds. The van der Waals surface area contributed by atoms with Gasteiger partial charge in [-0.3, -0.25) is 9.59 Å². The Balaban J connectivity index is 3.02. The van der Waals surface area contributed by atoms with E-state index in [1.165, 1.54) is 12.0 Å². The number of esters is 1. The zero-order valence-electron chi connectivity index (χ0n) is 12.5. The Morgan fingerprint density at radius 3 is 2.60 bits per heavy atom. The number of anilines is 1. The molecule has 0 unspecified atom stereocenters. The third-order valence-corrected chi connectivity index (χ3v) is 2.97. The van der Waals surface area contributed by atoms with Crippen LogP contribution in [0.4, 0.5) is 5.69 Å². The number of nitrogen functional groups attached to an aromatic ring is 1. The number of nitrogens with two attached hydrogens (primary N) is 1. The maximum Gasteiger partial charge on any atom is 0.325 e. The van der Waals surface area contributed by atoms with E-state index >= 15 is 0 Å². The fourth-order valence-electron chi connectivity index (χ4n) is 2.00. The van der Waals surface area contributed by atoms with E-state index in [4.69, 9.17) is 5.73 Å². The maximum absolute atomic E-state index is 12.6. The molecule has 6 nitrogen and oxygen atoms in total. The summed E-state index contributed by atoms with van der Waals surface area (Å²) < 4.78 is 6.45. The fourth-order valence-corrected chi connectivity index (χ4v) is 2.00. The van der Waals surface area contributed by atoms with Gasteiger partial charge < -0.3 is 19.9 Å². The second-order valence-electron chi connectivity index (χ2n) is 4.96. The summed E-state index contributed by atoms with van der Waals surface area (Å²) in [6.45, 7) is 6.35. The quantitative estimate of drug-likeness (QED) is 0.805. The molecule has 112 valence electrons. The van der Waals surface area contributed by atoms with Gasteiger partial charge in [-0.05, 0) is 26.3 Å². The summed E-state index contributed by atoms with van der Waals surface area (Å²) in [4.78, 5) is 25.5. The Kier molecular flexibility index (Phi) is 5.61. The SMILES string of the molecule is CCCN(CC(=O)OC)C(=O)c1cc(N)cn1C(C)C. The van der Waals surface area contributed by atoms with Crippen molar-refractivity contribution < 1.29 is 14.3 Å². The molecule has 0 aliphatic carbocycles. The number of methoxy groups -OCH3 is 1. The molecular weight excluding hydrogens is 258 g/mol. The van der Waals surface area contributed by atoms with Gasteiger partial charge in [0.05, 0.1) is 12.8 Å². The van der Waals surface area contributed by atoms with Crippen LogP contribution in [0, 0.1) is 0 Å². The van der Waals surface area contributed by atoms with Gasteiger partial charge in [-0.2, -0.15) is 0 Å². The summed E-state index contributed by atoms with van der Waals surface area (Å²) in [6.07, 6.45) is 2.50. The summed E-state index contributed by atoms with van der Waals surface area (Å²) >= 11 is 0. The molecule has 6 heteroatoms. The first-order valence-corrected chi connectivity index (χ1v) is 6.74. The van der Waals surface area contributed by atoms with Crippen LogP contribution >= 0.6 is 0 Å². The lowest BCUT2D eigenvalue weighted by Gasteiger charge is -2.22. The van der Waals surface area contributed by atoms with Gasteiger partial charge in [-0.1, -0.05) is 6.92 Å². The highest BCUT2D eigenvalue weighted by molar-refractivity contribution is 5.95. The first-order chi connectivity index (χ1) is 9.40. The minimum absolute atomic E-state index is 0.0493. The molecule has 0 bridgehead atoms. The Morgan fingerprint density at radius 1 is 1.45 bits per heavy atom. The van der Waals surface area contributed by atoms with Crippen molar-refractivity contribution in [1.82, 2.24) is 9.47 Å². The molecule has 0 aliphatic heterocycles. The van der Waals surface area contributed by atoms with Gasteiger partial charge in [0.15, 0.2) is 0 Å². The van der Waals surface area contributed by atoms with Crippen LogP contribution in [-0.4, -0.2) is 41.5 Å². The minimum Gasteiger partial charge on any atom is -0.468 e. The molecule has 20 heavy (non-hydrogen) atoms. The molecule has 0 aliphatic rings. The van der Waals surface area contributed by atoms with Crippen LogP contribution in [0.1, 0.15) is 43.7 Å². The van der Waals surface area contributed by atoms with E-state index in [1.807, 2.05) is 25.3 Å². The molecule has 0 radical (unpaired) electrons. The van der Waals surface area contributed by atoms with Gasteiger partial charge >= 0.3 is 5.97 Å². The summed E-state index contributed by atoms with van der Waals surface area (Å²) in [5.41, 5.74) is 6.81. The van der Waals surface area contributed by atoms with Crippen LogP contribution in [0.3, 0.4) is 0 Å². The summed E-state index contributed by atoms with van der Waals surface area (Å²) in [6, 6.07) is 1.76.